The van der Waals surface area contributed by atoms with Gasteiger partial charge >= 0.3 is 5.97 Å². The first kappa shape index (κ1) is 30.6. The van der Waals surface area contributed by atoms with Crippen molar-refractivity contribution in [1.82, 2.24) is 4.57 Å². The number of ether oxygens (including phenoxy) is 3. The summed E-state index contributed by atoms with van der Waals surface area (Å²) in [5.74, 6) is 0.727. The molecule has 0 radical (unpaired) electrons. The zero-order valence-corrected chi connectivity index (χ0v) is 26.3. The van der Waals surface area contributed by atoms with Crippen LogP contribution in [0, 0.1) is 0 Å². The summed E-state index contributed by atoms with van der Waals surface area (Å²) in [5, 5.41) is 0.925. The standard InChI is InChI=1S/C33H30Cl2N2O5S/c1-4-9-26-29(32(39)41-5-2)30(22-11-8-12-23(17-22)40-3)37-31(38)28(43-33(37)36-26)18-21-10-6-7-13-27(21)42-19-20-14-15-24(34)25(35)16-20/h6-8,10-18,30H,4-5,9,19H2,1-3H3/b28-18-/t30-/m0/s1. The van der Waals surface area contributed by atoms with E-state index in [1.807, 2.05) is 61.5 Å². The van der Waals surface area contributed by atoms with Crippen LogP contribution in [0.15, 0.2) is 87.8 Å². The van der Waals surface area contributed by atoms with Crippen molar-refractivity contribution in [2.75, 3.05) is 13.7 Å². The third-order valence-corrected chi connectivity index (χ3v) is 8.61. The van der Waals surface area contributed by atoms with Gasteiger partial charge in [-0.1, -0.05) is 84.3 Å². The lowest BCUT2D eigenvalue weighted by Gasteiger charge is -2.26. The van der Waals surface area contributed by atoms with Crippen LogP contribution in [-0.4, -0.2) is 24.3 Å². The van der Waals surface area contributed by atoms with Gasteiger partial charge in [-0.2, -0.15) is 0 Å². The van der Waals surface area contributed by atoms with Gasteiger partial charge < -0.3 is 14.2 Å². The van der Waals surface area contributed by atoms with Crippen molar-refractivity contribution in [3.05, 3.63) is 124 Å². The number of carbonyl (C=O) groups is 1. The average Bonchev–Trinajstić information content (AvgIpc) is 3.32. The van der Waals surface area contributed by atoms with Gasteiger partial charge in [0.2, 0.25) is 0 Å². The summed E-state index contributed by atoms with van der Waals surface area (Å²) in [7, 11) is 1.58. The highest BCUT2D eigenvalue weighted by Crippen LogP contribution is 2.34. The van der Waals surface area contributed by atoms with E-state index in [0.29, 0.717) is 48.6 Å². The summed E-state index contributed by atoms with van der Waals surface area (Å²) in [4.78, 5) is 32.8. The van der Waals surface area contributed by atoms with E-state index in [1.165, 1.54) is 11.3 Å². The number of rotatable bonds is 10. The highest BCUT2D eigenvalue weighted by molar-refractivity contribution is 7.07. The fourth-order valence-corrected chi connectivity index (χ4v) is 6.24. The summed E-state index contributed by atoms with van der Waals surface area (Å²) in [5.41, 5.74) is 3.02. The van der Waals surface area contributed by atoms with Crippen molar-refractivity contribution >= 4 is 46.6 Å². The Morgan fingerprint density at radius 1 is 1.05 bits per heavy atom. The van der Waals surface area contributed by atoms with E-state index in [4.69, 9.17) is 42.4 Å². The van der Waals surface area contributed by atoms with Gasteiger partial charge in [0.15, 0.2) is 4.80 Å². The zero-order chi connectivity index (χ0) is 30.5. The number of allylic oxidation sites excluding steroid dienone is 1. The SMILES string of the molecule is CCCC1=C(C(=O)OCC)[C@H](c2cccc(OC)c2)n2c(s/c(=C\c3ccccc3OCc3ccc(Cl)c(Cl)c3)c2=O)=N1. The smallest absolute Gasteiger partial charge is 0.338 e. The van der Waals surface area contributed by atoms with E-state index in [0.717, 1.165) is 23.1 Å². The minimum atomic E-state index is -0.727. The van der Waals surface area contributed by atoms with Gasteiger partial charge in [-0.05, 0) is 60.9 Å². The van der Waals surface area contributed by atoms with E-state index in [2.05, 4.69) is 0 Å². The summed E-state index contributed by atoms with van der Waals surface area (Å²) < 4.78 is 19.1. The maximum Gasteiger partial charge on any atom is 0.338 e. The van der Waals surface area contributed by atoms with E-state index >= 15 is 0 Å². The Morgan fingerprint density at radius 3 is 2.60 bits per heavy atom. The monoisotopic (exact) mass is 636 g/mol. The van der Waals surface area contributed by atoms with Gasteiger partial charge in [-0.25, -0.2) is 9.79 Å². The number of halogens is 2. The Kier molecular flexibility index (Phi) is 9.70. The third kappa shape index (κ3) is 6.56. The maximum absolute atomic E-state index is 14.1. The summed E-state index contributed by atoms with van der Waals surface area (Å²) in [6.07, 6.45) is 3.13. The van der Waals surface area contributed by atoms with Crippen LogP contribution in [0.4, 0.5) is 0 Å². The summed E-state index contributed by atoms with van der Waals surface area (Å²) in [6.45, 7) is 4.25. The first-order chi connectivity index (χ1) is 20.8. The fourth-order valence-electron chi connectivity index (χ4n) is 4.91. The molecule has 0 spiro atoms. The average molecular weight is 638 g/mol. The van der Waals surface area contributed by atoms with E-state index in [-0.39, 0.29) is 18.8 Å². The molecule has 1 aliphatic heterocycles. The van der Waals surface area contributed by atoms with Crippen LogP contribution in [0.25, 0.3) is 6.08 Å². The van der Waals surface area contributed by atoms with Crippen molar-refractivity contribution < 1.29 is 19.0 Å². The van der Waals surface area contributed by atoms with Crippen molar-refractivity contribution in [1.29, 1.82) is 0 Å². The molecule has 0 N–H and O–H groups in total. The van der Waals surface area contributed by atoms with Crippen LogP contribution in [-0.2, 0) is 16.1 Å². The van der Waals surface area contributed by atoms with Gasteiger partial charge in [0.05, 0.1) is 45.6 Å². The van der Waals surface area contributed by atoms with Crippen LogP contribution in [0.5, 0.6) is 11.5 Å². The molecule has 222 valence electrons. The number of para-hydroxylation sites is 1. The lowest BCUT2D eigenvalue weighted by molar-refractivity contribution is -0.139. The van der Waals surface area contributed by atoms with Crippen LogP contribution in [0.3, 0.4) is 0 Å². The van der Waals surface area contributed by atoms with Crippen LogP contribution in [0.1, 0.15) is 49.4 Å². The topological polar surface area (TPSA) is 79.1 Å². The molecule has 1 aliphatic rings. The quantitative estimate of drug-likeness (QED) is 0.186. The molecular weight excluding hydrogens is 607 g/mol. The molecule has 0 unspecified atom stereocenters. The number of esters is 1. The molecule has 4 aromatic rings. The minimum absolute atomic E-state index is 0.204. The Hall–Kier alpha value is -3.85. The van der Waals surface area contributed by atoms with Crippen LogP contribution < -0.4 is 24.4 Å². The number of carbonyl (C=O) groups excluding carboxylic acids is 1. The molecule has 43 heavy (non-hydrogen) atoms. The molecule has 0 saturated heterocycles. The van der Waals surface area contributed by atoms with Crippen molar-refractivity contribution in [2.45, 2.75) is 39.3 Å². The molecule has 5 rings (SSSR count). The molecule has 0 saturated carbocycles. The van der Waals surface area contributed by atoms with E-state index in [9.17, 15) is 9.59 Å². The lowest BCUT2D eigenvalue weighted by Crippen LogP contribution is -2.40. The molecule has 2 heterocycles. The molecule has 1 aromatic heterocycles. The van der Waals surface area contributed by atoms with Gasteiger partial charge in [0.25, 0.3) is 5.56 Å². The lowest BCUT2D eigenvalue weighted by atomic mass is 9.94. The number of fused-ring (bicyclic) bond motifs is 1. The third-order valence-electron chi connectivity index (χ3n) is 6.89. The summed E-state index contributed by atoms with van der Waals surface area (Å²) in [6, 6.07) is 19.5. The van der Waals surface area contributed by atoms with E-state index in [1.54, 1.807) is 36.8 Å². The molecule has 0 amide bonds. The number of nitrogens with zero attached hydrogens (tertiary/aromatic N) is 2. The first-order valence-corrected chi connectivity index (χ1v) is 15.4. The number of hydrogen-bond donors (Lipinski definition) is 0. The number of aromatic nitrogens is 1. The maximum atomic E-state index is 14.1. The predicted octanol–water partition coefficient (Wildman–Crippen LogP) is 6.47. The van der Waals surface area contributed by atoms with Gasteiger partial charge in [-0.3, -0.25) is 9.36 Å². The first-order valence-electron chi connectivity index (χ1n) is 13.9. The van der Waals surface area contributed by atoms with Crippen LogP contribution >= 0.6 is 34.5 Å². The molecule has 3 aromatic carbocycles. The second kappa shape index (κ2) is 13.6. The second-order valence-corrected chi connectivity index (χ2v) is 11.6. The largest absolute Gasteiger partial charge is 0.497 e. The molecule has 0 bridgehead atoms. The summed E-state index contributed by atoms with van der Waals surface area (Å²) >= 11 is 13.5. The number of hydrogen-bond acceptors (Lipinski definition) is 7. The Labute approximate surface area is 263 Å². The van der Waals surface area contributed by atoms with Crippen molar-refractivity contribution in [2.24, 2.45) is 4.99 Å². The molecule has 1 atom stereocenters. The Morgan fingerprint density at radius 2 is 1.86 bits per heavy atom. The highest BCUT2D eigenvalue weighted by Gasteiger charge is 2.34. The van der Waals surface area contributed by atoms with Gasteiger partial charge in [0.1, 0.15) is 18.1 Å². The number of thiazole rings is 1. The second-order valence-electron chi connectivity index (χ2n) is 9.77. The van der Waals surface area contributed by atoms with E-state index < -0.39 is 12.0 Å². The fraction of sp³-hybridized carbons (Fsp3) is 0.242. The molecule has 0 fully saturated rings. The molecule has 7 nitrogen and oxygen atoms in total. The molecular formula is C33H30Cl2N2O5S. The number of methoxy groups -OCH3 is 1. The Balaban J connectivity index is 1.63. The highest BCUT2D eigenvalue weighted by atomic mass is 35.5. The van der Waals surface area contributed by atoms with Crippen molar-refractivity contribution in [3.8, 4) is 11.5 Å². The Bertz CT molecular complexity index is 1880. The van der Waals surface area contributed by atoms with Gasteiger partial charge in [0, 0.05) is 5.56 Å². The minimum Gasteiger partial charge on any atom is -0.497 e. The predicted molar refractivity (Wildman–Crippen MR) is 170 cm³/mol. The van der Waals surface area contributed by atoms with Gasteiger partial charge in [-0.15, -0.1) is 0 Å². The normalized spacial score (nSPS) is 14.7. The van der Waals surface area contributed by atoms with Crippen molar-refractivity contribution in [3.63, 3.8) is 0 Å². The zero-order valence-electron chi connectivity index (χ0n) is 23.9. The van der Waals surface area contributed by atoms with Crippen LogP contribution in [0.2, 0.25) is 10.0 Å². The number of benzene rings is 3. The molecule has 0 aliphatic carbocycles. The molecule has 10 heteroatoms.